The monoisotopic (exact) mass is 289 g/mol. The predicted molar refractivity (Wildman–Crippen MR) is 84.9 cm³/mol. The summed E-state index contributed by atoms with van der Waals surface area (Å²) in [7, 11) is 0. The number of piperazine rings is 1. The summed E-state index contributed by atoms with van der Waals surface area (Å²) < 4.78 is 0. The zero-order valence-corrected chi connectivity index (χ0v) is 13.4. The number of amides is 1. The van der Waals surface area contributed by atoms with Crippen molar-refractivity contribution in [2.75, 3.05) is 19.6 Å². The van der Waals surface area contributed by atoms with Gasteiger partial charge in [-0.2, -0.15) is 0 Å². The molecule has 0 saturated carbocycles. The number of nitrogens with zero attached hydrogens (tertiary/aromatic N) is 2. The van der Waals surface area contributed by atoms with Crippen molar-refractivity contribution in [1.29, 1.82) is 0 Å². The topological polar surface area (TPSA) is 45.2 Å². The van der Waals surface area contributed by atoms with Gasteiger partial charge in [-0.15, -0.1) is 0 Å². The molecule has 2 rings (SSSR count). The van der Waals surface area contributed by atoms with Crippen LogP contribution >= 0.6 is 0 Å². The highest BCUT2D eigenvalue weighted by molar-refractivity contribution is 5.76. The molecule has 116 valence electrons. The molecule has 21 heavy (non-hydrogen) atoms. The molecule has 4 heteroatoms. The van der Waals surface area contributed by atoms with Gasteiger partial charge in [0, 0.05) is 38.4 Å². The van der Waals surface area contributed by atoms with E-state index in [1.807, 2.05) is 17.2 Å². The molecule has 2 heterocycles. The van der Waals surface area contributed by atoms with E-state index in [-0.39, 0.29) is 11.9 Å². The Kier molecular flexibility index (Phi) is 5.34. The lowest BCUT2D eigenvalue weighted by atomic mass is 9.89. The molecule has 1 aromatic heterocycles. The van der Waals surface area contributed by atoms with Crippen molar-refractivity contribution in [2.45, 2.75) is 46.1 Å². The highest BCUT2D eigenvalue weighted by Crippen LogP contribution is 2.25. The third-order valence-electron chi connectivity index (χ3n) is 3.95. The number of pyridine rings is 1. The standard InChI is InChI=1S/C17H27N3O/c1-17(2,3)8-4-7-16(21)20-11-10-19-13-15(20)14-6-5-9-18-12-14/h5-6,9,12,15,19H,4,7-8,10-11,13H2,1-3H3. The van der Waals surface area contributed by atoms with Crippen LogP contribution in [0.5, 0.6) is 0 Å². The maximum Gasteiger partial charge on any atom is 0.223 e. The highest BCUT2D eigenvalue weighted by Gasteiger charge is 2.27. The van der Waals surface area contributed by atoms with Gasteiger partial charge < -0.3 is 10.2 Å². The third kappa shape index (κ3) is 4.81. The second-order valence-corrected chi connectivity index (χ2v) is 7.01. The molecule has 0 bridgehead atoms. The summed E-state index contributed by atoms with van der Waals surface area (Å²) in [5.74, 6) is 0.273. The fourth-order valence-electron chi connectivity index (χ4n) is 2.79. The van der Waals surface area contributed by atoms with Gasteiger partial charge in [-0.3, -0.25) is 9.78 Å². The molecule has 1 aliphatic heterocycles. The zero-order valence-electron chi connectivity index (χ0n) is 13.4. The molecule has 0 aromatic carbocycles. The maximum atomic E-state index is 12.5. The summed E-state index contributed by atoms with van der Waals surface area (Å²) in [6, 6.07) is 4.11. The Morgan fingerprint density at radius 1 is 1.48 bits per heavy atom. The second-order valence-electron chi connectivity index (χ2n) is 7.01. The fraction of sp³-hybridized carbons (Fsp3) is 0.647. The summed E-state index contributed by atoms with van der Waals surface area (Å²) in [6.07, 6.45) is 6.34. The van der Waals surface area contributed by atoms with Gasteiger partial charge in [0.15, 0.2) is 0 Å². The Morgan fingerprint density at radius 3 is 2.95 bits per heavy atom. The molecule has 0 aliphatic carbocycles. The van der Waals surface area contributed by atoms with Gasteiger partial charge in [-0.25, -0.2) is 0 Å². The Balaban J connectivity index is 1.97. The molecule has 1 atom stereocenters. The van der Waals surface area contributed by atoms with Crippen molar-refractivity contribution in [3.8, 4) is 0 Å². The van der Waals surface area contributed by atoms with Crippen molar-refractivity contribution in [3.63, 3.8) is 0 Å². The minimum absolute atomic E-state index is 0.120. The van der Waals surface area contributed by atoms with Crippen molar-refractivity contribution in [3.05, 3.63) is 30.1 Å². The van der Waals surface area contributed by atoms with Gasteiger partial charge in [-0.1, -0.05) is 26.8 Å². The minimum atomic E-state index is 0.120. The number of nitrogens with one attached hydrogen (secondary N) is 1. The molecule has 1 saturated heterocycles. The Bertz CT molecular complexity index is 453. The molecular formula is C17H27N3O. The van der Waals surface area contributed by atoms with E-state index >= 15 is 0 Å². The lowest BCUT2D eigenvalue weighted by molar-refractivity contribution is -0.134. The van der Waals surface area contributed by atoms with Gasteiger partial charge in [0.2, 0.25) is 5.91 Å². The summed E-state index contributed by atoms with van der Waals surface area (Å²) in [6.45, 7) is 9.15. The number of rotatable bonds is 4. The Hall–Kier alpha value is -1.42. The van der Waals surface area contributed by atoms with Crippen LogP contribution in [0.3, 0.4) is 0 Å². The van der Waals surface area contributed by atoms with Gasteiger partial charge in [0.05, 0.1) is 6.04 Å². The normalized spacial score (nSPS) is 19.6. The van der Waals surface area contributed by atoms with E-state index in [1.165, 1.54) is 0 Å². The van der Waals surface area contributed by atoms with E-state index in [9.17, 15) is 4.79 Å². The van der Waals surface area contributed by atoms with Gasteiger partial charge >= 0.3 is 0 Å². The first-order chi connectivity index (χ1) is 9.97. The number of hydrogen-bond acceptors (Lipinski definition) is 3. The molecule has 4 nitrogen and oxygen atoms in total. The molecule has 1 amide bonds. The van der Waals surface area contributed by atoms with E-state index < -0.39 is 0 Å². The molecule has 1 fully saturated rings. The summed E-state index contributed by atoms with van der Waals surface area (Å²) in [5.41, 5.74) is 1.42. The van der Waals surface area contributed by atoms with Crippen LogP contribution in [0.4, 0.5) is 0 Å². The van der Waals surface area contributed by atoms with Gasteiger partial charge in [0.25, 0.3) is 0 Å². The largest absolute Gasteiger partial charge is 0.333 e. The second kappa shape index (κ2) is 7.03. The van der Waals surface area contributed by atoms with Crippen molar-refractivity contribution < 1.29 is 4.79 Å². The van der Waals surface area contributed by atoms with Gasteiger partial charge in [0.1, 0.15) is 0 Å². The van der Waals surface area contributed by atoms with Crippen molar-refractivity contribution >= 4 is 5.91 Å². The number of carbonyl (C=O) groups excluding carboxylic acids is 1. The lowest BCUT2D eigenvalue weighted by Crippen LogP contribution is -2.48. The van der Waals surface area contributed by atoms with Crippen LogP contribution in [0, 0.1) is 5.41 Å². The average Bonchev–Trinajstić information content (AvgIpc) is 2.47. The molecule has 1 aliphatic rings. The van der Waals surface area contributed by atoms with E-state index in [4.69, 9.17) is 0 Å². The van der Waals surface area contributed by atoms with Crippen LogP contribution in [-0.2, 0) is 4.79 Å². The van der Waals surface area contributed by atoms with Gasteiger partial charge in [-0.05, 0) is 29.9 Å². The summed E-state index contributed by atoms with van der Waals surface area (Å²) >= 11 is 0. The van der Waals surface area contributed by atoms with Crippen LogP contribution in [0.2, 0.25) is 0 Å². The van der Waals surface area contributed by atoms with Crippen molar-refractivity contribution in [2.24, 2.45) is 5.41 Å². The highest BCUT2D eigenvalue weighted by atomic mass is 16.2. The molecule has 0 radical (unpaired) electrons. The van der Waals surface area contributed by atoms with Crippen LogP contribution in [0.1, 0.15) is 51.6 Å². The quantitative estimate of drug-likeness (QED) is 0.927. The zero-order chi connectivity index (χ0) is 15.3. The van der Waals surface area contributed by atoms with Crippen LogP contribution in [0.25, 0.3) is 0 Å². The summed E-state index contributed by atoms with van der Waals surface area (Å²) in [5, 5.41) is 3.38. The van der Waals surface area contributed by atoms with Crippen LogP contribution in [0.15, 0.2) is 24.5 Å². The van der Waals surface area contributed by atoms with E-state index in [0.29, 0.717) is 11.8 Å². The maximum absolute atomic E-state index is 12.5. The third-order valence-corrected chi connectivity index (χ3v) is 3.95. The van der Waals surface area contributed by atoms with E-state index in [0.717, 1.165) is 38.0 Å². The van der Waals surface area contributed by atoms with E-state index in [2.05, 4.69) is 37.1 Å². The van der Waals surface area contributed by atoms with Crippen LogP contribution in [-0.4, -0.2) is 35.4 Å². The van der Waals surface area contributed by atoms with Crippen molar-refractivity contribution in [1.82, 2.24) is 15.2 Å². The Labute approximate surface area is 127 Å². The molecule has 1 unspecified atom stereocenters. The number of hydrogen-bond donors (Lipinski definition) is 1. The summed E-state index contributed by atoms with van der Waals surface area (Å²) in [4.78, 5) is 18.8. The first kappa shape index (κ1) is 16.0. The first-order valence-corrected chi connectivity index (χ1v) is 7.87. The number of aromatic nitrogens is 1. The SMILES string of the molecule is CC(C)(C)CCCC(=O)N1CCNCC1c1cccnc1. The minimum Gasteiger partial charge on any atom is -0.333 e. The fourth-order valence-corrected chi connectivity index (χ4v) is 2.79. The molecule has 0 spiro atoms. The smallest absolute Gasteiger partial charge is 0.223 e. The lowest BCUT2D eigenvalue weighted by Gasteiger charge is -2.36. The first-order valence-electron chi connectivity index (χ1n) is 7.87. The molecule has 1 N–H and O–H groups in total. The van der Waals surface area contributed by atoms with E-state index in [1.54, 1.807) is 6.20 Å². The average molecular weight is 289 g/mol. The number of carbonyl (C=O) groups is 1. The molecule has 1 aromatic rings. The molecular weight excluding hydrogens is 262 g/mol. The predicted octanol–water partition coefficient (Wildman–Crippen LogP) is 2.77. The Morgan fingerprint density at radius 2 is 2.29 bits per heavy atom. The van der Waals surface area contributed by atoms with Crippen LogP contribution < -0.4 is 5.32 Å².